The molecule has 12 nitrogen and oxygen atoms in total. The summed E-state index contributed by atoms with van der Waals surface area (Å²) in [5, 5.41) is 0. The van der Waals surface area contributed by atoms with Crippen LogP contribution in [0.4, 0.5) is 0 Å². The van der Waals surface area contributed by atoms with E-state index in [1.165, 1.54) is 0 Å². The zero-order chi connectivity index (χ0) is 17.6. The summed E-state index contributed by atoms with van der Waals surface area (Å²) < 4.78 is 32.8. The van der Waals surface area contributed by atoms with Crippen LogP contribution in [0.15, 0.2) is 0 Å². The Morgan fingerprint density at radius 1 is 0.682 bits per heavy atom. The summed E-state index contributed by atoms with van der Waals surface area (Å²) in [4.78, 5) is 65.4. The second-order valence-electron chi connectivity index (χ2n) is 4.56. The van der Waals surface area contributed by atoms with E-state index in [1.807, 2.05) is 0 Å². The van der Waals surface area contributed by atoms with Gasteiger partial charge in [-0.2, -0.15) is 0 Å². The van der Waals surface area contributed by atoms with Gasteiger partial charge in [0.1, 0.15) is 25.1 Å². The molecule has 0 amide bonds. The van der Waals surface area contributed by atoms with Crippen molar-refractivity contribution in [1.29, 1.82) is 0 Å². The van der Waals surface area contributed by atoms with Gasteiger partial charge >= 0.3 is 22.8 Å². The Bertz CT molecular complexity index is 471. The molecule has 0 saturated carbocycles. The number of hydrogen-bond acceptors (Lipinski definition) is 6. The lowest BCUT2D eigenvalue weighted by molar-refractivity contribution is -0.108. The Kier molecular flexibility index (Phi) is 8.79. The molecule has 0 atom stereocenters. The van der Waals surface area contributed by atoms with Gasteiger partial charge in [0.15, 0.2) is 0 Å². The standard InChI is InChI=1S/C7H19N2O10P3/c10-4-3-8(5-20(11,12)13)1-2-9(6-21(14,15)16)7-22(17,18)19/h4H,1-3,5-7H2,(H2,11,12,13)(H2,14,15,16)(H2,17,18,19). The van der Waals surface area contributed by atoms with Crippen LogP contribution < -0.4 is 0 Å². The van der Waals surface area contributed by atoms with E-state index in [0.29, 0.717) is 6.29 Å². The van der Waals surface area contributed by atoms with Crippen molar-refractivity contribution in [3.05, 3.63) is 0 Å². The predicted molar refractivity (Wildman–Crippen MR) is 75.1 cm³/mol. The number of nitrogens with zero attached hydrogens (tertiary/aromatic N) is 2. The van der Waals surface area contributed by atoms with Crippen LogP contribution >= 0.6 is 22.8 Å². The van der Waals surface area contributed by atoms with Crippen LogP contribution in [0.2, 0.25) is 0 Å². The van der Waals surface area contributed by atoms with Gasteiger partial charge in [-0.05, 0) is 0 Å². The number of rotatable bonds is 11. The topological polar surface area (TPSA) is 196 Å². The fraction of sp³-hybridized carbons (Fsp3) is 0.857. The average molecular weight is 384 g/mol. The fourth-order valence-corrected chi connectivity index (χ4v) is 4.04. The van der Waals surface area contributed by atoms with E-state index >= 15 is 0 Å². The zero-order valence-corrected chi connectivity index (χ0v) is 14.1. The van der Waals surface area contributed by atoms with Gasteiger partial charge in [0.05, 0.1) is 6.54 Å². The van der Waals surface area contributed by atoms with Crippen molar-refractivity contribution >= 4 is 29.1 Å². The first kappa shape index (κ1) is 22.0. The molecule has 0 fully saturated rings. The molecule has 0 aromatic carbocycles. The molecular formula is C7H19N2O10P3. The van der Waals surface area contributed by atoms with Gasteiger partial charge in [-0.3, -0.25) is 23.5 Å². The Balaban J connectivity index is 4.81. The maximum absolute atomic E-state index is 10.9. The van der Waals surface area contributed by atoms with Crippen molar-refractivity contribution in [2.24, 2.45) is 0 Å². The van der Waals surface area contributed by atoms with Gasteiger partial charge in [0, 0.05) is 13.1 Å². The molecule has 0 rings (SSSR count). The van der Waals surface area contributed by atoms with Crippen molar-refractivity contribution in [2.75, 3.05) is 38.5 Å². The number of hydrogen-bond donors (Lipinski definition) is 6. The molecule has 0 heterocycles. The quantitative estimate of drug-likeness (QED) is 0.173. The van der Waals surface area contributed by atoms with Gasteiger partial charge in [-0.1, -0.05) is 0 Å². The Labute approximate surface area is 126 Å². The Morgan fingerprint density at radius 3 is 1.32 bits per heavy atom. The molecule has 0 aromatic rings. The highest BCUT2D eigenvalue weighted by molar-refractivity contribution is 7.52. The Morgan fingerprint density at radius 2 is 1.00 bits per heavy atom. The monoisotopic (exact) mass is 384 g/mol. The summed E-state index contributed by atoms with van der Waals surface area (Å²) in [6.45, 7) is -0.862. The molecule has 6 N–H and O–H groups in total. The van der Waals surface area contributed by atoms with Crippen molar-refractivity contribution in [3.8, 4) is 0 Å². The van der Waals surface area contributed by atoms with Crippen LogP contribution in [-0.2, 0) is 18.5 Å². The van der Waals surface area contributed by atoms with E-state index in [2.05, 4.69) is 0 Å². The normalized spacial score (nSPS) is 13.8. The van der Waals surface area contributed by atoms with Gasteiger partial charge in [0.25, 0.3) is 0 Å². The molecule has 0 unspecified atom stereocenters. The highest BCUT2D eigenvalue weighted by Crippen LogP contribution is 2.40. The fourth-order valence-electron chi connectivity index (χ4n) is 1.58. The molecule has 15 heteroatoms. The molecule has 0 aromatic heterocycles. The largest absolute Gasteiger partial charge is 0.339 e. The second-order valence-corrected chi connectivity index (χ2v) is 9.39. The summed E-state index contributed by atoms with van der Waals surface area (Å²) >= 11 is 0. The number of aldehydes is 1. The molecule has 0 radical (unpaired) electrons. The zero-order valence-electron chi connectivity index (χ0n) is 11.4. The third-order valence-electron chi connectivity index (χ3n) is 2.22. The SMILES string of the molecule is O=CCN(CCN(CP(=O)(O)O)CP(=O)(O)O)CP(=O)(O)O. The van der Waals surface area contributed by atoms with E-state index < -0.39 is 41.6 Å². The van der Waals surface area contributed by atoms with Crippen LogP contribution in [0, 0.1) is 0 Å². The van der Waals surface area contributed by atoms with Gasteiger partial charge in [-0.25, -0.2) is 0 Å². The van der Waals surface area contributed by atoms with Gasteiger partial charge < -0.3 is 34.2 Å². The summed E-state index contributed by atoms with van der Waals surface area (Å²) in [5.74, 6) is 0. The molecule has 0 bridgehead atoms. The summed E-state index contributed by atoms with van der Waals surface area (Å²) in [6.07, 6.45) is -2.23. The third kappa shape index (κ3) is 13.7. The maximum atomic E-state index is 10.9. The molecule has 0 aliphatic rings. The minimum absolute atomic E-state index is 0.218. The average Bonchev–Trinajstić information content (AvgIpc) is 2.19. The van der Waals surface area contributed by atoms with Crippen molar-refractivity contribution in [3.63, 3.8) is 0 Å². The lowest BCUT2D eigenvalue weighted by Crippen LogP contribution is -2.37. The molecule has 0 aliphatic carbocycles. The molecule has 0 aliphatic heterocycles. The van der Waals surface area contributed by atoms with E-state index in [0.717, 1.165) is 9.80 Å². The summed E-state index contributed by atoms with van der Waals surface area (Å²) in [7, 11) is -13.6. The minimum atomic E-state index is -4.58. The smallest absolute Gasteiger partial charge is 0.324 e. The summed E-state index contributed by atoms with van der Waals surface area (Å²) in [5.41, 5.74) is 0. The van der Waals surface area contributed by atoms with Crippen LogP contribution in [-0.4, -0.2) is 83.9 Å². The molecular weight excluding hydrogens is 365 g/mol. The Hall–Kier alpha value is 0.0400. The van der Waals surface area contributed by atoms with Crippen molar-refractivity contribution in [1.82, 2.24) is 9.80 Å². The molecule has 22 heavy (non-hydrogen) atoms. The van der Waals surface area contributed by atoms with Crippen molar-refractivity contribution in [2.45, 2.75) is 0 Å². The van der Waals surface area contributed by atoms with Gasteiger partial charge in [-0.15, -0.1) is 0 Å². The highest BCUT2D eigenvalue weighted by Gasteiger charge is 2.27. The highest BCUT2D eigenvalue weighted by atomic mass is 31.2. The first-order valence-corrected chi connectivity index (χ1v) is 11.1. The number of carbonyl (C=O) groups excluding carboxylic acids is 1. The maximum Gasteiger partial charge on any atom is 0.339 e. The van der Waals surface area contributed by atoms with Crippen molar-refractivity contribution < 1.29 is 47.9 Å². The lowest BCUT2D eigenvalue weighted by Gasteiger charge is -2.26. The third-order valence-corrected chi connectivity index (χ3v) is 4.52. The first-order valence-electron chi connectivity index (χ1n) is 5.74. The molecule has 132 valence electrons. The first-order chi connectivity index (χ1) is 9.72. The molecule has 0 saturated heterocycles. The van der Waals surface area contributed by atoms with E-state index in [4.69, 9.17) is 29.4 Å². The van der Waals surface area contributed by atoms with Crippen LogP contribution in [0.3, 0.4) is 0 Å². The lowest BCUT2D eigenvalue weighted by atomic mass is 10.5. The number of carbonyl (C=O) groups is 1. The van der Waals surface area contributed by atoms with E-state index in [9.17, 15) is 18.5 Å². The summed E-state index contributed by atoms with van der Waals surface area (Å²) in [6, 6.07) is 0. The molecule has 0 spiro atoms. The van der Waals surface area contributed by atoms with Gasteiger partial charge in [0.2, 0.25) is 0 Å². The van der Waals surface area contributed by atoms with Crippen LogP contribution in [0.25, 0.3) is 0 Å². The van der Waals surface area contributed by atoms with Crippen LogP contribution in [0.5, 0.6) is 0 Å². The second kappa shape index (κ2) is 8.77. The predicted octanol–water partition coefficient (Wildman–Crippen LogP) is -1.81. The minimum Gasteiger partial charge on any atom is -0.324 e. The van der Waals surface area contributed by atoms with E-state index in [1.54, 1.807) is 0 Å². The van der Waals surface area contributed by atoms with Crippen LogP contribution in [0.1, 0.15) is 0 Å². The van der Waals surface area contributed by atoms with E-state index in [-0.39, 0.29) is 19.6 Å².